The number of rotatable bonds is 7. The second-order valence-corrected chi connectivity index (χ2v) is 18.5. The Hall–Kier alpha value is -5.89. The van der Waals surface area contributed by atoms with Gasteiger partial charge in [0, 0.05) is 33.5 Å². The van der Waals surface area contributed by atoms with E-state index in [1.807, 2.05) is 30.3 Å². The maximum Gasteiger partial charge on any atom is 0.0991 e. The van der Waals surface area contributed by atoms with Crippen molar-refractivity contribution in [1.29, 1.82) is 5.26 Å². The third-order valence-corrected chi connectivity index (χ3v) is 11.4. The molecule has 0 unspecified atom stereocenters. The van der Waals surface area contributed by atoms with Crippen molar-refractivity contribution in [2.75, 3.05) is 9.80 Å². The molecule has 0 aliphatic carbocycles. The SMILES string of the molecule is C[Si](C)(C)c1cccc(N(c2ccccc2)c2ccc3ccc4c(N(c5ccccc5)c5ccc(C#N)cc5)ccc5ccc2c3c54)c1. The van der Waals surface area contributed by atoms with Gasteiger partial charge in [0.1, 0.15) is 0 Å². The van der Waals surface area contributed by atoms with Gasteiger partial charge in [0.05, 0.1) is 31.1 Å². The summed E-state index contributed by atoms with van der Waals surface area (Å²) in [6.07, 6.45) is 0. The lowest BCUT2D eigenvalue weighted by Crippen LogP contribution is -2.37. The average Bonchev–Trinajstić information content (AvgIpc) is 3.13. The van der Waals surface area contributed by atoms with Crippen LogP contribution in [0.15, 0.2) is 158 Å². The first-order chi connectivity index (χ1) is 23.4. The molecule has 0 saturated heterocycles. The highest BCUT2D eigenvalue weighted by Gasteiger charge is 2.23. The van der Waals surface area contributed by atoms with Crippen molar-refractivity contribution in [3.05, 3.63) is 163 Å². The first-order valence-electron chi connectivity index (χ1n) is 16.4. The molecule has 8 aromatic carbocycles. The van der Waals surface area contributed by atoms with Gasteiger partial charge in [-0.1, -0.05) is 110 Å². The minimum Gasteiger partial charge on any atom is -0.310 e. The van der Waals surface area contributed by atoms with E-state index in [2.05, 4.69) is 163 Å². The van der Waals surface area contributed by atoms with Crippen LogP contribution in [0.4, 0.5) is 34.1 Å². The van der Waals surface area contributed by atoms with E-state index in [1.165, 1.54) is 43.2 Å². The molecule has 0 aliphatic rings. The first kappa shape index (κ1) is 29.5. The van der Waals surface area contributed by atoms with Gasteiger partial charge < -0.3 is 9.80 Å². The Balaban J connectivity index is 1.39. The molecular formula is C44H35N3Si. The van der Waals surface area contributed by atoms with Gasteiger partial charge in [-0.3, -0.25) is 0 Å². The fraction of sp³-hybridized carbons (Fsp3) is 0.0682. The van der Waals surface area contributed by atoms with Crippen LogP contribution < -0.4 is 15.0 Å². The highest BCUT2D eigenvalue weighted by molar-refractivity contribution is 6.88. The van der Waals surface area contributed by atoms with Crippen LogP contribution in [-0.2, 0) is 0 Å². The summed E-state index contributed by atoms with van der Waals surface area (Å²) in [5.41, 5.74) is 7.29. The van der Waals surface area contributed by atoms with Crippen LogP contribution in [0.3, 0.4) is 0 Å². The van der Waals surface area contributed by atoms with E-state index in [4.69, 9.17) is 0 Å². The van der Waals surface area contributed by atoms with Crippen molar-refractivity contribution in [3.8, 4) is 6.07 Å². The molecule has 0 aliphatic heterocycles. The summed E-state index contributed by atoms with van der Waals surface area (Å²) in [5.74, 6) is 0. The lowest BCUT2D eigenvalue weighted by molar-refractivity contribution is 1.29. The van der Waals surface area contributed by atoms with Gasteiger partial charge in [-0.25, -0.2) is 0 Å². The third kappa shape index (κ3) is 5.06. The molecule has 0 saturated carbocycles. The minimum absolute atomic E-state index is 0.646. The maximum absolute atomic E-state index is 9.49. The third-order valence-electron chi connectivity index (χ3n) is 9.35. The largest absolute Gasteiger partial charge is 0.310 e. The summed E-state index contributed by atoms with van der Waals surface area (Å²) in [6, 6.07) is 58.6. The molecule has 0 amide bonds. The molecule has 230 valence electrons. The Morgan fingerprint density at radius 3 is 1.42 bits per heavy atom. The van der Waals surface area contributed by atoms with Crippen molar-refractivity contribution in [3.63, 3.8) is 0 Å². The Morgan fingerprint density at radius 2 is 0.917 bits per heavy atom. The zero-order chi connectivity index (χ0) is 32.8. The van der Waals surface area contributed by atoms with Gasteiger partial charge in [-0.15, -0.1) is 0 Å². The smallest absolute Gasteiger partial charge is 0.0991 e. The topological polar surface area (TPSA) is 30.3 Å². The van der Waals surface area contributed by atoms with Crippen LogP contribution in [0.1, 0.15) is 5.56 Å². The second-order valence-electron chi connectivity index (χ2n) is 13.4. The first-order valence-corrected chi connectivity index (χ1v) is 19.9. The number of para-hydroxylation sites is 2. The van der Waals surface area contributed by atoms with E-state index in [-0.39, 0.29) is 0 Å². The molecule has 0 N–H and O–H groups in total. The molecular weight excluding hydrogens is 599 g/mol. The van der Waals surface area contributed by atoms with Gasteiger partial charge >= 0.3 is 0 Å². The molecule has 0 fully saturated rings. The molecule has 8 aromatic rings. The van der Waals surface area contributed by atoms with Crippen LogP contribution in [0.5, 0.6) is 0 Å². The molecule has 0 spiro atoms. The Morgan fingerprint density at radius 1 is 0.458 bits per heavy atom. The van der Waals surface area contributed by atoms with Crippen LogP contribution in [0, 0.1) is 11.3 Å². The summed E-state index contributed by atoms with van der Waals surface area (Å²) in [7, 11) is -1.54. The molecule has 0 atom stereocenters. The number of nitrogens with zero attached hydrogens (tertiary/aromatic N) is 3. The van der Waals surface area contributed by atoms with Crippen LogP contribution in [-0.4, -0.2) is 8.07 Å². The predicted molar refractivity (Wildman–Crippen MR) is 207 cm³/mol. The summed E-state index contributed by atoms with van der Waals surface area (Å²) < 4.78 is 0. The fourth-order valence-corrected chi connectivity index (χ4v) is 8.14. The standard InChI is InChI=1S/C44H35N3Si/c1-48(2,3)38-16-10-15-37(29-38)47(35-13-8-5-9-14-35)42-28-22-33-19-25-39-41(27-21-32-20-26-40(42)44(33)43(32)39)46(34-11-6-4-7-12-34)36-23-17-31(30-45)18-24-36/h4-29H,1-3H3. The summed E-state index contributed by atoms with van der Waals surface area (Å²) >= 11 is 0. The molecule has 48 heavy (non-hydrogen) atoms. The van der Waals surface area contributed by atoms with E-state index in [1.54, 1.807) is 0 Å². The number of hydrogen-bond donors (Lipinski definition) is 0. The number of benzene rings is 8. The molecule has 4 heteroatoms. The Bertz CT molecular complexity index is 2440. The summed E-state index contributed by atoms with van der Waals surface area (Å²) in [6.45, 7) is 7.22. The maximum atomic E-state index is 9.49. The monoisotopic (exact) mass is 633 g/mol. The number of nitriles is 1. The lowest BCUT2D eigenvalue weighted by Gasteiger charge is -2.30. The second kappa shape index (κ2) is 11.7. The van der Waals surface area contributed by atoms with Crippen molar-refractivity contribution < 1.29 is 0 Å². The van der Waals surface area contributed by atoms with Gasteiger partial charge in [-0.2, -0.15) is 5.26 Å². The van der Waals surface area contributed by atoms with Crippen molar-refractivity contribution in [2.45, 2.75) is 19.6 Å². The van der Waals surface area contributed by atoms with Crippen LogP contribution in [0.2, 0.25) is 19.6 Å². The van der Waals surface area contributed by atoms with Crippen molar-refractivity contribution in [2.24, 2.45) is 0 Å². The highest BCUT2D eigenvalue weighted by atomic mass is 28.3. The fourth-order valence-electron chi connectivity index (χ4n) is 6.97. The van der Waals surface area contributed by atoms with E-state index in [0.717, 1.165) is 28.4 Å². The van der Waals surface area contributed by atoms with E-state index in [0.29, 0.717) is 5.56 Å². The van der Waals surface area contributed by atoms with Gasteiger partial charge in [0.2, 0.25) is 0 Å². The molecule has 0 aromatic heterocycles. The van der Waals surface area contributed by atoms with Gasteiger partial charge in [0.15, 0.2) is 0 Å². The number of anilines is 6. The molecule has 0 radical (unpaired) electrons. The molecule has 8 rings (SSSR count). The van der Waals surface area contributed by atoms with Gasteiger partial charge in [-0.05, 0) is 94.3 Å². The normalized spacial score (nSPS) is 11.6. The summed E-state index contributed by atoms with van der Waals surface area (Å²) in [5, 5.41) is 18.3. The number of hydrogen-bond acceptors (Lipinski definition) is 3. The lowest BCUT2D eigenvalue weighted by atomic mass is 9.91. The molecule has 0 heterocycles. The zero-order valence-electron chi connectivity index (χ0n) is 27.4. The average molecular weight is 634 g/mol. The molecule has 3 nitrogen and oxygen atoms in total. The van der Waals surface area contributed by atoms with Crippen LogP contribution >= 0.6 is 0 Å². The zero-order valence-corrected chi connectivity index (χ0v) is 28.4. The highest BCUT2D eigenvalue weighted by Crippen LogP contribution is 2.47. The van der Waals surface area contributed by atoms with E-state index in [9.17, 15) is 5.26 Å². The van der Waals surface area contributed by atoms with Crippen LogP contribution in [0.25, 0.3) is 32.3 Å². The van der Waals surface area contributed by atoms with E-state index >= 15 is 0 Å². The van der Waals surface area contributed by atoms with E-state index < -0.39 is 8.07 Å². The minimum atomic E-state index is -1.54. The Kier molecular flexibility index (Phi) is 7.21. The molecule has 0 bridgehead atoms. The predicted octanol–water partition coefficient (Wildman–Crippen LogP) is 11.9. The van der Waals surface area contributed by atoms with Crippen molar-refractivity contribution >= 4 is 79.7 Å². The summed E-state index contributed by atoms with van der Waals surface area (Å²) in [4.78, 5) is 4.72. The van der Waals surface area contributed by atoms with Crippen molar-refractivity contribution in [1.82, 2.24) is 0 Å². The quantitative estimate of drug-likeness (QED) is 0.129. The Labute approximate surface area is 282 Å². The van der Waals surface area contributed by atoms with Gasteiger partial charge in [0.25, 0.3) is 0 Å².